The van der Waals surface area contributed by atoms with Crippen LogP contribution in [0.4, 0.5) is 16.1 Å². The third kappa shape index (κ3) is 4.77. The van der Waals surface area contributed by atoms with Gasteiger partial charge in [0.05, 0.1) is 29.4 Å². The SMILES string of the molecule is CCOC(=O)C1CCc2sc(NC(=O)Cc3csc(Nc4ccc(Cl)cn4)n3)nc21. The van der Waals surface area contributed by atoms with Crippen LogP contribution in [0.2, 0.25) is 5.02 Å². The number of aromatic nitrogens is 3. The number of fused-ring (bicyclic) bond motifs is 1. The quantitative estimate of drug-likeness (QED) is 0.506. The average Bonchev–Trinajstić information content (AvgIpc) is 3.40. The fourth-order valence-corrected chi connectivity index (χ4v) is 4.97. The van der Waals surface area contributed by atoms with Gasteiger partial charge in [-0.3, -0.25) is 9.59 Å². The summed E-state index contributed by atoms with van der Waals surface area (Å²) in [7, 11) is 0. The zero-order valence-corrected chi connectivity index (χ0v) is 18.4. The van der Waals surface area contributed by atoms with Crippen molar-refractivity contribution in [2.75, 3.05) is 17.2 Å². The van der Waals surface area contributed by atoms with Crippen LogP contribution in [-0.2, 0) is 27.2 Å². The standard InChI is InChI=1S/C19H18ClN5O3S2/c1-2-28-17(27)12-4-5-13-16(12)25-19(30-13)24-15(26)7-11-9-29-18(22-11)23-14-6-3-10(20)8-21-14/h3,6,8-9,12H,2,4-5,7H2,1H3,(H,21,22,23)(H,24,25,26). The second-order valence-electron chi connectivity index (χ2n) is 6.53. The minimum Gasteiger partial charge on any atom is -0.465 e. The Labute approximate surface area is 185 Å². The van der Waals surface area contributed by atoms with Gasteiger partial charge in [-0.25, -0.2) is 15.0 Å². The van der Waals surface area contributed by atoms with Crippen LogP contribution in [0.5, 0.6) is 0 Å². The summed E-state index contributed by atoms with van der Waals surface area (Å²) in [5.74, 6) is -0.178. The maximum Gasteiger partial charge on any atom is 0.315 e. The predicted octanol–water partition coefficient (Wildman–Crippen LogP) is 4.17. The van der Waals surface area contributed by atoms with Crippen molar-refractivity contribution < 1.29 is 14.3 Å². The lowest BCUT2D eigenvalue weighted by Gasteiger charge is -2.07. The van der Waals surface area contributed by atoms with Gasteiger partial charge in [-0.2, -0.15) is 0 Å². The summed E-state index contributed by atoms with van der Waals surface area (Å²) in [4.78, 5) is 38.5. The summed E-state index contributed by atoms with van der Waals surface area (Å²) in [5, 5.41) is 9.39. The highest BCUT2D eigenvalue weighted by Gasteiger charge is 2.33. The molecule has 0 saturated heterocycles. The first kappa shape index (κ1) is 20.7. The summed E-state index contributed by atoms with van der Waals surface area (Å²) in [6, 6.07) is 3.48. The van der Waals surface area contributed by atoms with Crippen LogP contribution in [0.3, 0.4) is 0 Å². The molecule has 30 heavy (non-hydrogen) atoms. The van der Waals surface area contributed by atoms with Crippen molar-refractivity contribution in [3.63, 3.8) is 0 Å². The number of pyridine rings is 1. The summed E-state index contributed by atoms with van der Waals surface area (Å²) >= 11 is 8.62. The lowest BCUT2D eigenvalue weighted by atomic mass is 10.1. The van der Waals surface area contributed by atoms with Crippen molar-refractivity contribution in [2.45, 2.75) is 32.1 Å². The highest BCUT2D eigenvalue weighted by Crippen LogP contribution is 2.39. The van der Waals surface area contributed by atoms with E-state index in [-0.39, 0.29) is 24.2 Å². The Kier molecular flexibility index (Phi) is 6.26. The average molecular weight is 464 g/mol. The number of rotatable bonds is 7. The molecule has 0 saturated carbocycles. The number of nitrogens with zero attached hydrogens (tertiary/aromatic N) is 3. The van der Waals surface area contributed by atoms with E-state index in [1.165, 1.54) is 22.7 Å². The van der Waals surface area contributed by atoms with Crippen molar-refractivity contribution >= 4 is 62.2 Å². The maximum absolute atomic E-state index is 12.4. The van der Waals surface area contributed by atoms with E-state index in [0.717, 1.165) is 17.0 Å². The fraction of sp³-hybridized carbons (Fsp3) is 0.316. The molecule has 3 aromatic rings. The Balaban J connectivity index is 1.34. The molecule has 0 fully saturated rings. The van der Waals surface area contributed by atoms with Gasteiger partial charge in [0, 0.05) is 16.5 Å². The molecule has 1 aliphatic rings. The van der Waals surface area contributed by atoms with E-state index >= 15 is 0 Å². The van der Waals surface area contributed by atoms with Crippen LogP contribution in [0, 0.1) is 0 Å². The molecule has 0 spiro atoms. The molecule has 0 aromatic carbocycles. The highest BCUT2D eigenvalue weighted by atomic mass is 35.5. The molecule has 11 heteroatoms. The molecule has 8 nitrogen and oxygen atoms in total. The second kappa shape index (κ2) is 9.07. The Morgan fingerprint density at radius 1 is 1.30 bits per heavy atom. The molecule has 3 aromatic heterocycles. The molecule has 1 atom stereocenters. The number of amides is 1. The van der Waals surface area contributed by atoms with Gasteiger partial charge in [0.1, 0.15) is 11.7 Å². The number of ether oxygens (including phenoxy) is 1. The number of hydrogen-bond donors (Lipinski definition) is 2. The maximum atomic E-state index is 12.4. The number of esters is 1. The third-order valence-electron chi connectivity index (χ3n) is 4.39. The van der Waals surface area contributed by atoms with Gasteiger partial charge in [-0.1, -0.05) is 11.6 Å². The van der Waals surface area contributed by atoms with Crippen LogP contribution in [-0.4, -0.2) is 33.4 Å². The number of carbonyl (C=O) groups is 2. The number of aryl methyl sites for hydroxylation is 1. The van der Waals surface area contributed by atoms with E-state index in [1.807, 2.05) is 5.38 Å². The highest BCUT2D eigenvalue weighted by molar-refractivity contribution is 7.16. The minimum absolute atomic E-state index is 0.123. The van der Waals surface area contributed by atoms with Gasteiger partial charge in [0.25, 0.3) is 0 Å². The summed E-state index contributed by atoms with van der Waals surface area (Å²) < 4.78 is 5.12. The normalized spacial score (nSPS) is 14.9. The van der Waals surface area contributed by atoms with Gasteiger partial charge in [0.2, 0.25) is 5.91 Å². The van der Waals surface area contributed by atoms with Crippen LogP contribution in [0.25, 0.3) is 0 Å². The fourth-order valence-electron chi connectivity index (χ4n) is 3.09. The molecule has 4 rings (SSSR count). The molecule has 1 amide bonds. The van der Waals surface area contributed by atoms with Crippen LogP contribution >= 0.6 is 34.3 Å². The smallest absolute Gasteiger partial charge is 0.315 e. The molecule has 0 bridgehead atoms. The van der Waals surface area contributed by atoms with Crippen molar-refractivity contribution in [1.29, 1.82) is 0 Å². The second-order valence-corrected chi connectivity index (χ2v) is 8.90. The molecule has 0 radical (unpaired) electrons. The summed E-state index contributed by atoms with van der Waals surface area (Å²) in [6.45, 7) is 2.13. The van der Waals surface area contributed by atoms with Crippen molar-refractivity contribution in [3.05, 3.63) is 45.0 Å². The Morgan fingerprint density at radius 3 is 2.93 bits per heavy atom. The zero-order chi connectivity index (χ0) is 21.1. The molecule has 2 N–H and O–H groups in total. The molecule has 3 heterocycles. The first-order chi connectivity index (χ1) is 14.5. The number of halogens is 1. The molecular formula is C19H18ClN5O3S2. The van der Waals surface area contributed by atoms with Gasteiger partial charge in [-0.05, 0) is 31.9 Å². The van der Waals surface area contributed by atoms with E-state index in [0.29, 0.717) is 39.8 Å². The predicted molar refractivity (Wildman–Crippen MR) is 117 cm³/mol. The van der Waals surface area contributed by atoms with E-state index in [4.69, 9.17) is 16.3 Å². The number of hydrogen-bond acceptors (Lipinski definition) is 9. The van der Waals surface area contributed by atoms with Gasteiger partial charge in [-0.15, -0.1) is 22.7 Å². The van der Waals surface area contributed by atoms with E-state index < -0.39 is 0 Å². The number of thiazole rings is 2. The summed E-state index contributed by atoms with van der Waals surface area (Å²) in [5.41, 5.74) is 1.37. The molecule has 1 aliphatic carbocycles. The Bertz CT molecular complexity index is 1070. The number of nitrogens with one attached hydrogen (secondary N) is 2. The first-order valence-electron chi connectivity index (χ1n) is 9.31. The number of carbonyl (C=O) groups excluding carboxylic acids is 2. The summed E-state index contributed by atoms with van der Waals surface area (Å²) in [6.07, 6.45) is 3.14. The van der Waals surface area contributed by atoms with Crippen LogP contribution < -0.4 is 10.6 Å². The van der Waals surface area contributed by atoms with E-state index in [1.54, 1.807) is 25.3 Å². The van der Waals surface area contributed by atoms with E-state index in [2.05, 4.69) is 25.6 Å². The zero-order valence-electron chi connectivity index (χ0n) is 16.0. The monoisotopic (exact) mass is 463 g/mol. The van der Waals surface area contributed by atoms with Crippen molar-refractivity contribution in [3.8, 4) is 0 Å². The minimum atomic E-state index is -0.337. The lowest BCUT2D eigenvalue weighted by molar-refractivity contribution is -0.145. The van der Waals surface area contributed by atoms with E-state index in [9.17, 15) is 9.59 Å². The molecular weight excluding hydrogens is 446 g/mol. The van der Waals surface area contributed by atoms with Crippen molar-refractivity contribution in [2.24, 2.45) is 0 Å². The van der Waals surface area contributed by atoms with Crippen LogP contribution in [0.15, 0.2) is 23.7 Å². The molecule has 1 unspecified atom stereocenters. The largest absolute Gasteiger partial charge is 0.465 e. The lowest BCUT2D eigenvalue weighted by Crippen LogP contribution is -2.16. The van der Waals surface area contributed by atoms with Crippen LogP contribution in [0.1, 0.15) is 35.5 Å². The van der Waals surface area contributed by atoms with Crippen molar-refractivity contribution in [1.82, 2.24) is 15.0 Å². The number of anilines is 3. The van der Waals surface area contributed by atoms with Gasteiger partial charge < -0.3 is 15.4 Å². The Hall–Kier alpha value is -2.56. The Morgan fingerprint density at radius 2 is 2.17 bits per heavy atom. The topological polar surface area (TPSA) is 106 Å². The first-order valence-corrected chi connectivity index (χ1v) is 11.4. The van der Waals surface area contributed by atoms with Gasteiger partial charge >= 0.3 is 5.97 Å². The van der Waals surface area contributed by atoms with Gasteiger partial charge in [0.15, 0.2) is 10.3 Å². The molecule has 156 valence electrons. The third-order valence-corrected chi connectivity index (χ3v) is 6.47. The molecule has 0 aliphatic heterocycles.